The number of benzene rings is 1. The Labute approximate surface area is 175 Å². The van der Waals surface area contributed by atoms with Crippen LogP contribution in [0.5, 0.6) is 0 Å². The first kappa shape index (κ1) is 19.4. The van der Waals surface area contributed by atoms with Gasteiger partial charge in [0.05, 0.1) is 17.8 Å². The van der Waals surface area contributed by atoms with E-state index in [-0.39, 0.29) is 12.3 Å². The van der Waals surface area contributed by atoms with Crippen molar-refractivity contribution >= 4 is 11.6 Å². The van der Waals surface area contributed by atoms with Crippen molar-refractivity contribution in [2.75, 3.05) is 5.32 Å². The third-order valence-corrected chi connectivity index (χ3v) is 4.71. The van der Waals surface area contributed by atoms with Crippen LogP contribution < -0.4 is 5.32 Å². The number of anilines is 1. The maximum absolute atomic E-state index is 12.5. The van der Waals surface area contributed by atoms with Crippen LogP contribution in [0, 0.1) is 13.8 Å². The van der Waals surface area contributed by atoms with Crippen LogP contribution in [-0.2, 0) is 11.2 Å². The van der Waals surface area contributed by atoms with Gasteiger partial charge in [-0.3, -0.25) is 14.8 Å². The van der Waals surface area contributed by atoms with Crippen LogP contribution in [0.2, 0.25) is 0 Å². The summed E-state index contributed by atoms with van der Waals surface area (Å²) in [6.07, 6.45) is 5.44. The second-order valence-electron chi connectivity index (χ2n) is 7.11. The summed E-state index contributed by atoms with van der Waals surface area (Å²) in [6.45, 7) is 3.96. The van der Waals surface area contributed by atoms with Gasteiger partial charge in [-0.05, 0) is 61.4 Å². The van der Waals surface area contributed by atoms with E-state index in [9.17, 15) is 4.79 Å². The normalized spacial score (nSPS) is 10.6. The smallest absolute Gasteiger partial charge is 0.228 e. The molecule has 0 spiro atoms. The Bertz CT molecular complexity index is 1170. The molecule has 1 N–H and O–H groups in total. The number of nitrogens with zero attached hydrogens (tertiary/aromatic N) is 4. The van der Waals surface area contributed by atoms with Crippen molar-refractivity contribution in [2.45, 2.75) is 20.3 Å². The fraction of sp³-hybridized carbons (Fsp3) is 0.125. The van der Waals surface area contributed by atoms with Crippen molar-refractivity contribution in [3.05, 3.63) is 90.0 Å². The van der Waals surface area contributed by atoms with Gasteiger partial charge in [0.15, 0.2) is 0 Å². The molecule has 0 atom stereocenters. The fourth-order valence-electron chi connectivity index (χ4n) is 3.30. The molecule has 4 aromatic rings. The Morgan fingerprint density at radius 2 is 1.77 bits per heavy atom. The van der Waals surface area contributed by atoms with Crippen LogP contribution in [0.1, 0.15) is 16.8 Å². The number of hydrogen-bond acceptors (Lipinski definition) is 5. The molecule has 0 unspecified atom stereocenters. The molecule has 3 aromatic heterocycles. The van der Waals surface area contributed by atoms with Gasteiger partial charge >= 0.3 is 0 Å². The predicted octanol–water partition coefficient (Wildman–Crippen LogP) is 4.40. The average Bonchev–Trinajstić information content (AvgIpc) is 2.75. The van der Waals surface area contributed by atoms with Crippen molar-refractivity contribution < 1.29 is 4.79 Å². The van der Waals surface area contributed by atoms with Crippen molar-refractivity contribution in [3.63, 3.8) is 0 Å². The summed E-state index contributed by atoms with van der Waals surface area (Å²) in [5.41, 5.74) is 7.26. The minimum absolute atomic E-state index is 0.0871. The zero-order chi connectivity index (χ0) is 20.9. The number of nitrogens with one attached hydrogen (secondary N) is 1. The van der Waals surface area contributed by atoms with Gasteiger partial charge in [0, 0.05) is 41.1 Å². The monoisotopic (exact) mass is 395 g/mol. The van der Waals surface area contributed by atoms with E-state index in [0.29, 0.717) is 0 Å². The molecule has 0 fully saturated rings. The van der Waals surface area contributed by atoms with E-state index in [1.807, 2.05) is 68.4 Å². The quantitative estimate of drug-likeness (QED) is 0.542. The number of aryl methyl sites for hydroxylation is 2. The van der Waals surface area contributed by atoms with E-state index in [2.05, 4.69) is 25.5 Å². The molecule has 1 aromatic carbocycles. The van der Waals surface area contributed by atoms with E-state index in [4.69, 9.17) is 0 Å². The summed E-state index contributed by atoms with van der Waals surface area (Å²) in [5.74, 6) is -0.0871. The van der Waals surface area contributed by atoms with E-state index < -0.39 is 0 Å². The Balaban J connectivity index is 1.42. The Morgan fingerprint density at radius 1 is 0.933 bits per heavy atom. The number of amides is 1. The predicted molar refractivity (Wildman–Crippen MR) is 117 cm³/mol. The molecule has 0 aliphatic heterocycles. The van der Waals surface area contributed by atoms with E-state index >= 15 is 0 Å². The Morgan fingerprint density at radius 3 is 2.47 bits per heavy atom. The first-order valence-electron chi connectivity index (χ1n) is 9.65. The van der Waals surface area contributed by atoms with Gasteiger partial charge in [-0.25, -0.2) is 0 Å². The van der Waals surface area contributed by atoms with Crippen LogP contribution in [0.3, 0.4) is 0 Å². The van der Waals surface area contributed by atoms with Crippen LogP contribution in [0.4, 0.5) is 5.69 Å². The molecule has 148 valence electrons. The number of hydrogen-bond donors (Lipinski definition) is 1. The molecule has 3 heterocycles. The topological polar surface area (TPSA) is 80.7 Å². The lowest BCUT2D eigenvalue weighted by molar-refractivity contribution is -0.115. The van der Waals surface area contributed by atoms with Crippen molar-refractivity contribution in [1.29, 1.82) is 0 Å². The third kappa shape index (κ3) is 4.55. The number of aromatic nitrogens is 4. The summed E-state index contributed by atoms with van der Waals surface area (Å²) in [6, 6.07) is 17.2. The van der Waals surface area contributed by atoms with Crippen LogP contribution >= 0.6 is 0 Å². The van der Waals surface area contributed by atoms with Gasteiger partial charge < -0.3 is 5.32 Å². The molecule has 0 aliphatic rings. The van der Waals surface area contributed by atoms with Crippen molar-refractivity contribution in [3.8, 4) is 22.5 Å². The number of carbonyl (C=O) groups excluding carboxylic acids is 1. The molecular weight excluding hydrogens is 374 g/mol. The van der Waals surface area contributed by atoms with Gasteiger partial charge in [-0.15, -0.1) is 0 Å². The largest absolute Gasteiger partial charge is 0.326 e. The molecule has 0 saturated carbocycles. The summed E-state index contributed by atoms with van der Waals surface area (Å²) >= 11 is 0. The summed E-state index contributed by atoms with van der Waals surface area (Å²) in [5, 5.41) is 10.9. The zero-order valence-corrected chi connectivity index (χ0v) is 16.8. The molecule has 4 rings (SSSR count). The molecule has 30 heavy (non-hydrogen) atoms. The van der Waals surface area contributed by atoms with Crippen LogP contribution in [0.15, 0.2) is 73.2 Å². The van der Waals surface area contributed by atoms with Gasteiger partial charge in [-0.1, -0.05) is 18.2 Å². The first-order valence-corrected chi connectivity index (χ1v) is 9.65. The van der Waals surface area contributed by atoms with Gasteiger partial charge in [0.1, 0.15) is 0 Å². The lowest BCUT2D eigenvalue weighted by atomic mass is 10.0. The minimum atomic E-state index is -0.0871. The molecule has 6 heteroatoms. The highest BCUT2D eigenvalue weighted by Crippen LogP contribution is 2.22. The Kier molecular flexibility index (Phi) is 5.57. The van der Waals surface area contributed by atoms with E-state index in [1.165, 1.54) is 0 Å². The molecule has 0 aliphatic carbocycles. The maximum Gasteiger partial charge on any atom is 0.228 e. The van der Waals surface area contributed by atoms with Gasteiger partial charge in [0.25, 0.3) is 0 Å². The van der Waals surface area contributed by atoms with Crippen LogP contribution in [0.25, 0.3) is 22.5 Å². The maximum atomic E-state index is 12.5. The highest BCUT2D eigenvalue weighted by atomic mass is 16.1. The second-order valence-corrected chi connectivity index (χ2v) is 7.11. The zero-order valence-electron chi connectivity index (χ0n) is 16.8. The highest BCUT2D eigenvalue weighted by Gasteiger charge is 2.09. The molecule has 0 radical (unpaired) electrons. The van der Waals surface area contributed by atoms with Crippen LogP contribution in [-0.4, -0.2) is 26.1 Å². The average molecular weight is 395 g/mol. The van der Waals surface area contributed by atoms with E-state index in [0.717, 1.165) is 45.0 Å². The summed E-state index contributed by atoms with van der Waals surface area (Å²) in [4.78, 5) is 21.3. The minimum Gasteiger partial charge on any atom is -0.326 e. The molecular formula is C24H21N5O. The highest BCUT2D eigenvalue weighted by molar-refractivity contribution is 5.92. The second kappa shape index (κ2) is 8.61. The standard InChI is InChI=1S/C24H21N5O/c1-16-12-18(15-26-24(16)20-9-11-25-17(2)13-20)14-23(30)28-21-7-5-19(6-8-21)22-4-3-10-27-29-22/h3-13,15H,14H2,1-2H3,(H,28,30). The number of carbonyl (C=O) groups is 1. The van der Waals surface area contributed by atoms with E-state index in [1.54, 1.807) is 18.6 Å². The Hall–Kier alpha value is -3.93. The lowest BCUT2D eigenvalue weighted by Gasteiger charge is -2.09. The van der Waals surface area contributed by atoms with Crippen molar-refractivity contribution in [2.24, 2.45) is 0 Å². The van der Waals surface area contributed by atoms with Gasteiger partial charge in [0.2, 0.25) is 5.91 Å². The SMILES string of the molecule is Cc1cc(-c2ncc(CC(=O)Nc3ccc(-c4cccnn4)cc3)cc2C)ccn1. The molecule has 0 bridgehead atoms. The van der Waals surface area contributed by atoms with Crippen molar-refractivity contribution in [1.82, 2.24) is 20.2 Å². The first-order chi connectivity index (χ1) is 14.6. The number of pyridine rings is 2. The van der Waals surface area contributed by atoms with Gasteiger partial charge in [-0.2, -0.15) is 10.2 Å². The fourth-order valence-corrected chi connectivity index (χ4v) is 3.30. The summed E-state index contributed by atoms with van der Waals surface area (Å²) < 4.78 is 0. The third-order valence-electron chi connectivity index (χ3n) is 4.71. The lowest BCUT2D eigenvalue weighted by Crippen LogP contribution is -2.14. The molecule has 6 nitrogen and oxygen atoms in total. The summed E-state index contributed by atoms with van der Waals surface area (Å²) in [7, 11) is 0. The number of rotatable bonds is 5. The molecule has 1 amide bonds. The molecule has 0 saturated heterocycles.